The maximum absolute atomic E-state index is 12.1. The summed E-state index contributed by atoms with van der Waals surface area (Å²) in [5, 5.41) is 12.8. The van der Waals surface area contributed by atoms with Crippen LogP contribution in [0.3, 0.4) is 0 Å². The van der Waals surface area contributed by atoms with Crippen molar-refractivity contribution in [3.8, 4) is 5.75 Å². The van der Waals surface area contributed by atoms with Crippen LogP contribution in [0.1, 0.15) is 15.9 Å². The zero-order valence-electron chi connectivity index (χ0n) is 10.1. The summed E-state index contributed by atoms with van der Waals surface area (Å²) in [6.45, 7) is 1.79. The molecule has 2 N–H and O–H groups in total. The van der Waals surface area contributed by atoms with E-state index < -0.39 is 0 Å². The molecule has 0 spiro atoms. The molecule has 0 unspecified atom stereocenters. The first-order chi connectivity index (χ1) is 8.97. The third-order valence-corrected chi connectivity index (χ3v) is 3.57. The van der Waals surface area contributed by atoms with Crippen molar-refractivity contribution in [3.63, 3.8) is 0 Å². The standard InChI is InChI=1S/C14H11BrClNO2/c1-8-2-4-10(7-13(8)18)17-14(19)11-6-9(16)3-5-12(11)15/h2-7,18H,1H3,(H,17,19). The molecule has 2 rings (SSSR count). The molecule has 0 aliphatic heterocycles. The second-order valence-electron chi connectivity index (χ2n) is 4.08. The molecule has 2 aromatic rings. The third kappa shape index (κ3) is 3.28. The molecule has 0 saturated heterocycles. The third-order valence-electron chi connectivity index (χ3n) is 2.64. The summed E-state index contributed by atoms with van der Waals surface area (Å²) in [4.78, 5) is 12.1. The highest BCUT2D eigenvalue weighted by Gasteiger charge is 2.11. The number of phenols is 1. The number of phenolic OH excluding ortho intramolecular Hbond substituents is 1. The van der Waals surface area contributed by atoms with Gasteiger partial charge in [-0.3, -0.25) is 4.79 Å². The number of rotatable bonds is 2. The van der Waals surface area contributed by atoms with Crippen molar-refractivity contribution < 1.29 is 9.90 Å². The van der Waals surface area contributed by atoms with E-state index in [0.717, 1.165) is 5.56 Å². The number of aryl methyl sites for hydroxylation is 1. The van der Waals surface area contributed by atoms with Crippen molar-refractivity contribution in [2.24, 2.45) is 0 Å². The SMILES string of the molecule is Cc1ccc(NC(=O)c2cc(Cl)ccc2Br)cc1O. The van der Waals surface area contributed by atoms with E-state index in [-0.39, 0.29) is 11.7 Å². The van der Waals surface area contributed by atoms with Gasteiger partial charge in [0.25, 0.3) is 5.91 Å². The van der Waals surface area contributed by atoms with E-state index in [1.54, 1.807) is 37.3 Å². The first kappa shape index (κ1) is 13.9. The van der Waals surface area contributed by atoms with E-state index in [4.69, 9.17) is 11.6 Å². The topological polar surface area (TPSA) is 49.3 Å². The smallest absolute Gasteiger partial charge is 0.256 e. The van der Waals surface area contributed by atoms with Gasteiger partial charge >= 0.3 is 0 Å². The molecule has 0 fully saturated rings. The van der Waals surface area contributed by atoms with Crippen molar-refractivity contribution >= 4 is 39.1 Å². The summed E-state index contributed by atoms with van der Waals surface area (Å²) in [5.41, 5.74) is 1.72. The zero-order chi connectivity index (χ0) is 14.0. The number of carbonyl (C=O) groups excluding carboxylic acids is 1. The van der Waals surface area contributed by atoms with Crippen LogP contribution in [0.4, 0.5) is 5.69 Å². The van der Waals surface area contributed by atoms with E-state index in [1.807, 2.05) is 0 Å². The van der Waals surface area contributed by atoms with Crippen LogP contribution in [-0.2, 0) is 0 Å². The molecule has 0 bridgehead atoms. The average molecular weight is 341 g/mol. The summed E-state index contributed by atoms with van der Waals surface area (Å²) in [7, 11) is 0. The fraction of sp³-hybridized carbons (Fsp3) is 0.0714. The monoisotopic (exact) mass is 339 g/mol. The molecule has 98 valence electrons. The van der Waals surface area contributed by atoms with Crippen molar-refractivity contribution in [2.45, 2.75) is 6.92 Å². The Balaban J connectivity index is 2.25. The first-order valence-corrected chi connectivity index (χ1v) is 6.70. The molecular weight excluding hydrogens is 330 g/mol. The van der Waals surface area contributed by atoms with Crippen LogP contribution in [-0.4, -0.2) is 11.0 Å². The second kappa shape index (κ2) is 5.63. The van der Waals surface area contributed by atoms with Crippen LogP contribution in [0.5, 0.6) is 5.75 Å². The molecule has 5 heteroatoms. The van der Waals surface area contributed by atoms with Crippen molar-refractivity contribution in [3.05, 3.63) is 57.0 Å². The van der Waals surface area contributed by atoms with Gasteiger partial charge in [0, 0.05) is 21.2 Å². The van der Waals surface area contributed by atoms with Crippen molar-refractivity contribution in [1.82, 2.24) is 0 Å². The minimum Gasteiger partial charge on any atom is -0.508 e. The lowest BCUT2D eigenvalue weighted by Crippen LogP contribution is -2.12. The van der Waals surface area contributed by atoms with Crippen molar-refractivity contribution in [1.29, 1.82) is 0 Å². The lowest BCUT2D eigenvalue weighted by Gasteiger charge is -2.08. The van der Waals surface area contributed by atoms with Crippen LogP contribution in [0.25, 0.3) is 0 Å². The van der Waals surface area contributed by atoms with Crippen LogP contribution in [0.15, 0.2) is 40.9 Å². The van der Waals surface area contributed by atoms with Gasteiger partial charge in [-0.1, -0.05) is 17.7 Å². The molecule has 2 aromatic carbocycles. The van der Waals surface area contributed by atoms with Crippen LogP contribution in [0.2, 0.25) is 5.02 Å². The van der Waals surface area contributed by atoms with Gasteiger partial charge in [0.1, 0.15) is 5.75 Å². The Hall–Kier alpha value is -1.52. The minimum atomic E-state index is -0.294. The summed E-state index contributed by atoms with van der Waals surface area (Å²) in [6, 6.07) is 9.95. The molecule has 19 heavy (non-hydrogen) atoms. The summed E-state index contributed by atoms with van der Waals surface area (Å²) >= 11 is 9.17. The predicted octanol–water partition coefficient (Wildman–Crippen LogP) is 4.37. The molecule has 0 radical (unpaired) electrons. The normalized spacial score (nSPS) is 10.3. The molecule has 0 saturated carbocycles. The number of anilines is 1. The molecule has 0 aliphatic rings. The Bertz CT molecular complexity index is 643. The Morgan fingerprint density at radius 2 is 2.00 bits per heavy atom. The quantitative estimate of drug-likeness (QED) is 0.853. The fourth-order valence-corrected chi connectivity index (χ4v) is 2.16. The van der Waals surface area contributed by atoms with Crippen molar-refractivity contribution in [2.75, 3.05) is 5.32 Å². The maximum Gasteiger partial charge on any atom is 0.256 e. The Labute approximate surface area is 124 Å². The van der Waals surface area contributed by atoms with E-state index >= 15 is 0 Å². The van der Waals surface area contributed by atoms with Gasteiger partial charge in [-0.2, -0.15) is 0 Å². The minimum absolute atomic E-state index is 0.142. The molecular formula is C14H11BrClNO2. The number of benzene rings is 2. The number of hydrogen-bond donors (Lipinski definition) is 2. The molecule has 3 nitrogen and oxygen atoms in total. The number of aromatic hydroxyl groups is 1. The van der Waals surface area contributed by atoms with Gasteiger partial charge in [0.05, 0.1) is 5.56 Å². The number of amides is 1. The highest BCUT2D eigenvalue weighted by molar-refractivity contribution is 9.10. The first-order valence-electron chi connectivity index (χ1n) is 5.53. The van der Waals surface area contributed by atoms with Gasteiger partial charge in [-0.25, -0.2) is 0 Å². The van der Waals surface area contributed by atoms with Crippen LogP contribution >= 0.6 is 27.5 Å². The molecule has 0 aromatic heterocycles. The number of halogens is 2. The molecule has 0 aliphatic carbocycles. The van der Waals surface area contributed by atoms with Crippen LogP contribution < -0.4 is 5.32 Å². The van der Waals surface area contributed by atoms with E-state index in [0.29, 0.717) is 20.7 Å². The van der Waals surface area contributed by atoms with Gasteiger partial charge in [-0.05, 0) is 52.7 Å². The van der Waals surface area contributed by atoms with Crippen LogP contribution in [0, 0.1) is 6.92 Å². The predicted molar refractivity (Wildman–Crippen MR) is 79.9 cm³/mol. The molecule has 0 heterocycles. The van der Waals surface area contributed by atoms with E-state index in [9.17, 15) is 9.90 Å². The lowest BCUT2D eigenvalue weighted by molar-refractivity contribution is 0.102. The Morgan fingerprint density at radius 1 is 1.26 bits per heavy atom. The summed E-state index contributed by atoms with van der Waals surface area (Å²) in [5.74, 6) is -0.152. The Kier molecular flexibility index (Phi) is 4.12. The van der Waals surface area contributed by atoms with E-state index in [2.05, 4.69) is 21.2 Å². The second-order valence-corrected chi connectivity index (χ2v) is 5.37. The van der Waals surface area contributed by atoms with Gasteiger partial charge in [-0.15, -0.1) is 0 Å². The summed E-state index contributed by atoms with van der Waals surface area (Å²) in [6.07, 6.45) is 0. The van der Waals surface area contributed by atoms with Gasteiger partial charge < -0.3 is 10.4 Å². The largest absolute Gasteiger partial charge is 0.508 e. The van der Waals surface area contributed by atoms with Gasteiger partial charge in [0.15, 0.2) is 0 Å². The highest BCUT2D eigenvalue weighted by Crippen LogP contribution is 2.24. The lowest BCUT2D eigenvalue weighted by atomic mass is 10.2. The number of carbonyl (C=O) groups is 1. The fourth-order valence-electron chi connectivity index (χ4n) is 1.56. The number of nitrogens with one attached hydrogen (secondary N) is 1. The maximum atomic E-state index is 12.1. The van der Waals surface area contributed by atoms with Gasteiger partial charge in [0.2, 0.25) is 0 Å². The Morgan fingerprint density at radius 3 is 2.68 bits per heavy atom. The highest BCUT2D eigenvalue weighted by atomic mass is 79.9. The molecule has 1 amide bonds. The average Bonchev–Trinajstić information content (AvgIpc) is 2.36. The number of hydrogen-bond acceptors (Lipinski definition) is 2. The molecule has 0 atom stereocenters. The van der Waals surface area contributed by atoms with E-state index in [1.165, 1.54) is 6.07 Å². The zero-order valence-corrected chi connectivity index (χ0v) is 12.4. The summed E-state index contributed by atoms with van der Waals surface area (Å²) < 4.78 is 0.658.